The Morgan fingerprint density at radius 2 is 1.69 bits per heavy atom. The van der Waals surface area contributed by atoms with Crippen molar-refractivity contribution in [2.75, 3.05) is 5.32 Å². The summed E-state index contributed by atoms with van der Waals surface area (Å²) in [6.45, 7) is 1.93. The quantitative estimate of drug-likeness (QED) is 0.473. The van der Waals surface area contributed by atoms with E-state index in [1.165, 1.54) is 11.0 Å². The van der Waals surface area contributed by atoms with Gasteiger partial charge in [-0.2, -0.15) is 0 Å². The molecule has 8 heteroatoms. The monoisotopic (exact) mass is 426 g/mol. The number of rotatable bonds is 7. The molecule has 0 bridgehead atoms. The van der Waals surface area contributed by atoms with Crippen LogP contribution in [0.4, 0.5) is 5.69 Å². The van der Waals surface area contributed by atoms with E-state index >= 15 is 0 Å². The highest BCUT2D eigenvalue weighted by atomic mass is 16.2. The highest BCUT2D eigenvalue weighted by Gasteiger charge is 2.22. The predicted octanol–water partition coefficient (Wildman–Crippen LogP) is 2.95. The number of nitrogens with zero attached hydrogens (tertiary/aromatic N) is 4. The maximum absolute atomic E-state index is 13.2. The van der Waals surface area contributed by atoms with Crippen molar-refractivity contribution in [1.29, 1.82) is 0 Å². The van der Waals surface area contributed by atoms with Crippen molar-refractivity contribution in [2.24, 2.45) is 0 Å². The van der Waals surface area contributed by atoms with E-state index in [0.717, 1.165) is 16.8 Å². The highest BCUT2D eigenvalue weighted by Crippen LogP contribution is 2.19. The van der Waals surface area contributed by atoms with E-state index in [1.54, 1.807) is 36.4 Å². The third-order valence-electron chi connectivity index (χ3n) is 5.01. The summed E-state index contributed by atoms with van der Waals surface area (Å²) in [6, 6.07) is 23.1. The molecule has 1 unspecified atom stereocenters. The zero-order chi connectivity index (χ0) is 22.3. The molecule has 0 aliphatic rings. The van der Waals surface area contributed by atoms with Gasteiger partial charge in [0.2, 0.25) is 5.91 Å². The number of tetrazole rings is 1. The average molecular weight is 426 g/mol. The molecule has 3 aromatic carbocycles. The van der Waals surface area contributed by atoms with E-state index in [9.17, 15) is 9.59 Å². The fourth-order valence-electron chi connectivity index (χ4n) is 3.33. The average Bonchev–Trinajstić information content (AvgIpc) is 3.36. The summed E-state index contributed by atoms with van der Waals surface area (Å²) in [5.41, 5.74) is 3.72. The molecule has 8 nitrogen and oxygen atoms in total. The Balaban J connectivity index is 1.56. The zero-order valence-electron chi connectivity index (χ0n) is 17.5. The molecular weight excluding hydrogens is 404 g/mol. The lowest BCUT2D eigenvalue weighted by atomic mass is 10.0. The van der Waals surface area contributed by atoms with Gasteiger partial charge in [-0.3, -0.25) is 9.59 Å². The Kier molecular flexibility index (Phi) is 6.31. The number of hydrogen-bond acceptors (Lipinski definition) is 5. The smallest absolute Gasteiger partial charge is 0.251 e. The lowest BCUT2D eigenvalue weighted by molar-refractivity contribution is -0.118. The predicted molar refractivity (Wildman–Crippen MR) is 120 cm³/mol. The van der Waals surface area contributed by atoms with Crippen molar-refractivity contribution < 1.29 is 9.59 Å². The number of carbonyl (C=O) groups is 2. The Bertz CT molecular complexity index is 1190. The minimum atomic E-state index is -0.761. The summed E-state index contributed by atoms with van der Waals surface area (Å²) in [5, 5.41) is 17.0. The van der Waals surface area contributed by atoms with Crippen molar-refractivity contribution in [1.82, 2.24) is 25.5 Å². The summed E-state index contributed by atoms with van der Waals surface area (Å²) in [4.78, 5) is 25.9. The first-order valence-electron chi connectivity index (χ1n) is 10.1. The molecule has 0 radical (unpaired) electrons. The van der Waals surface area contributed by atoms with Gasteiger partial charge in [0.1, 0.15) is 12.4 Å². The molecule has 4 rings (SSSR count). The molecular formula is C24H22N6O2. The van der Waals surface area contributed by atoms with E-state index in [2.05, 4.69) is 26.2 Å². The fourth-order valence-corrected chi connectivity index (χ4v) is 3.33. The molecule has 0 aliphatic heterocycles. The van der Waals surface area contributed by atoms with Crippen LogP contribution in [0.25, 0.3) is 5.69 Å². The summed E-state index contributed by atoms with van der Waals surface area (Å²) >= 11 is 0. The van der Waals surface area contributed by atoms with E-state index < -0.39 is 6.04 Å². The van der Waals surface area contributed by atoms with E-state index in [-0.39, 0.29) is 11.8 Å². The van der Waals surface area contributed by atoms with E-state index in [1.807, 2.05) is 49.4 Å². The Hall–Kier alpha value is -4.33. The van der Waals surface area contributed by atoms with Crippen LogP contribution in [0.3, 0.4) is 0 Å². The first-order valence-corrected chi connectivity index (χ1v) is 10.1. The number of benzene rings is 3. The lowest BCUT2D eigenvalue weighted by Gasteiger charge is -2.19. The van der Waals surface area contributed by atoms with E-state index in [4.69, 9.17) is 0 Å². The number of anilines is 1. The molecule has 0 spiro atoms. The Labute approximate surface area is 185 Å². The molecule has 1 heterocycles. The minimum absolute atomic E-state index is 0.306. The second kappa shape index (κ2) is 9.65. The van der Waals surface area contributed by atoms with Gasteiger partial charge >= 0.3 is 0 Å². The van der Waals surface area contributed by atoms with Crippen LogP contribution < -0.4 is 10.6 Å². The van der Waals surface area contributed by atoms with Crippen LogP contribution in [0, 0.1) is 6.92 Å². The Morgan fingerprint density at radius 1 is 0.969 bits per heavy atom. The molecule has 32 heavy (non-hydrogen) atoms. The minimum Gasteiger partial charge on any atom is -0.340 e. The van der Waals surface area contributed by atoms with E-state index in [0.29, 0.717) is 17.7 Å². The number of aryl methyl sites for hydroxylation is 1. The first-order chi connectivity index (χ1) is 15.6. The van der Waals surface area contributed by atoms with Gasteiger partial charge in [0.25, 0.3) is 5.91 Å². The van der Waals surface area contributed by atoms with Crippen LogP contribution in [-0.4, -0.2) is 38.1 Å². The number of hydrogen-bond donors (Lipinski definition) is 2. The van der Waals surface area contributed by atoms with Crippen LogP contribution in [0.15, 0.2) is 85.2 Å². The number of amides is 2. The van der Waals surface area contributed by atoms with Crippen LogP contribution in [0.5, 0.6) is 0 Å². The highest BCUT2D eigenvalue weighted by molar-refractivity contribution is 6.01. The number of nitrogens with one attached hydrogen (secondary N) is 2. The maximum atomic E-state index is 13.2. The third kappa shape index (κ3) is 5.04. The van der Waals surface area contributed by atoms with Gasteiger partial charge in [0, 0.05) is 17.7 Å². The Morgan fingerprint density at radius 3 is 2.38 bits per heavy atom. The number of aromatic nitrogens is 4. The number of carbonyl (C=O) groups excluding carboxylic acids is 2. The molecule has 0 saturated carbocycles. The van der Waals surface area contributed by atoms with Crippen LogP contribution >= 0.6 is 0 Å². The van der Waals surface area contributed by atoms with Crippen molar-refractivity contribution in [2.45, 2.75) is 19.4 Å². The van der Waals surface area contributed by atoms with Crippen molar-refractivity contribution in [3.8, 4) is 5.69 Å². The van der Waals surface area contributed by atoms with Crippen LogP contribution in [-0.2, 0) is 11.2 Å². The van der Waals surface area contributed by atoms with Crippen LogP contribution in [0.1, 0.15) is 21.5 Å². The maximum Gasteiger partial charge on any atom is 0.251 e. The van der Waals surface area contributed by atoms with Gasteiger partial charge in [0.15, 0.2) is 0 Å². The molecule has 4 aromatic rings. The van der Waals surface area contributed by atoms with Crippen molar-refractivity contribution in [3.63, 3.8) is 0 Å². The summed E-state index contributed by atoms with van der Waals surface area (Å²) in [6.07, 6.45) is 1.85. The van der Waals surface area contributed by atoms with Crippen LogP contribution in [0.2, 0.25) is 0 Å². The zero-order valence-corrected chi connectivity index (χ0v) is 17.5. The largest absolute Gasteiger partial charge is 0.340 e. The molecule has 1 atom stereocenters. The van der Waals surface area contributed by atoms with Gasteiger partial charge in [-0.25, -0.2) is 4.68 Å². The normalized spacial score (nSPS) is 11.5. The summed E-state index contributed by atoms with van der Waals surface area (Å²) in [7, 11) is 0. The fraction of sp³-hybridized carbons (Fsp3) is 0.125. The first kappa shape index (κ1) is 20.9. The standard InChI is InChI=1S/C24H22N6O2/c1-17-12-13-20(15-22(17)30-16-25-28-29-30)26-24(32)21(14-18-8-4-2-5-9-18)27-23(31)19-10-6-3-7-11-19/h2-13,15-16,21H,14H2,1H3,(H,26,32)(H,27,31). The third-order valence-corrected chi connectivity index (χ3v) is 5.01. The van der Waals surface area contributed by atoms with Gasteiger partial charge in [-0.1, -0.05) is 54.6 Å². The molecule has 2 amide bonds. The van der Waals surface area contributed by atoms with Crippen molar-refractivity contribution in [3.05, 3.63) is 102 Å². The molecule has 0 aliphatic carbocycles. The van der Waals surface area contributed by atoms with Gasteiger partial charge in [-0.05, 0) is 52.7 Å². The molecule has 2 N–H and O–H groups in total. The molecule has 1 aromatic heterocycles. The molecule has 160 valence electrons. The van der Waals surface area contributed by atoms with Crippen molar-refractivity contribution >= 4 is 17.5 Å². The van der Waals surface area contributed by atoms with Gasteiger partial charge in [-0.15, -0.1) is 5.10 Å². The molecule has 0 fully saturated rings. The summed E-state index contributed by atoms with van der Waals surface area (Å²) < 4.78 is 1.53. The summed E-state index contributed by atoms with van der Waals surface area (Å²) in [5.74, 6) is -0.621. The second-order valence-electron chi connectivity index (χ2n) is 7.33. The molecule has 0 saturated heterocycles. The topological polar surface area (TPSA) is 102 Å². The SMILES string of the molecule is Cc1ccc(NC(=O)C(Cc2ccccc2)NC(=O)c2ccccc2)cc1-n1cnnn1. The van der Waals surface area contributed by atoms with Gasteiger partial charge in [0.05, 0.1) is 5.69 Å². The second-order valence-corrected chi connectivity index (χ2v) is 7.33. The lowest BCUT2D eigenvalue weighted by Crippen LogP contribution is -2.45. The van der Waals surface area contributed by atoms with Gasteiger partial charge < -0.3 is 10.6 Å².